The van der Waals surface area contributed by atoms with Crippen LogP contribution in [-0.4, -0.2) is 43.8 Å². The van der Waals surface area contributed by atoms with Crippen molar-refractivity contribution in [3.05, 3.63) is 59.7 Å². The maximum absolute atomic E-state index is 12.1. The van der Waals surface area contributed by atoms with Crippen LogP contribution in [0, 0.1) is 0 Å². The first-order chi connectivity index (χ1) is 13.9. The van der Waals surface area contributed by atoms with Crippen LogP contribution in [-0.2, 0) is 14.3 Å². The zero-order valence-electron chi connectivity index (χ0n) is 16.2. The average Bonchev–Trinajstić information content (AvgIpc) is 2.76. The van der Waals surface area contributed by atoms with Crippen molar-refractivity contribution in [3.8, 4) is 5.75 Å². The molecule has 0 saturated heterocycles. The Balaban J connectivity index is 1.78. The van der Waals surface area contributed by atoms with Gasteiger partial charge in [-0.2, -0.15) is 0 Å². The smallest absolute Gasteiger partial charge is 0.325 e. The highest BCUT2D eigenvalue weighted by molar-refractivity contribution is 5.99. The Hall–Kier alpha value is -3.68. The van der Waals surface area contributed by atoms with Gasteiger partial charge in [0.25, 0.3) is 5.91 Å². The van der Waals surface area contributed by atoms with E-state index < -0.39 is 24.3 Å². The Kier molecular flexibility index (Phi) is 7.90. The van der Waals surface area contributed by atoms with Crippen molar-refractivity contribution in [1.29, 1.82) is 0 Å². The number of Topliss-reactive ketones (excluding diaryl/α,β-unsaturated/α-hetero) is 1. The van der Waals surface area contributed by atoms with Crippen molar-refractivity contribution in [2.45, 2.75) is 13.3 Å². The van der Waals surface area contributed by atoms with Gasteiger partial charge in [-0.15, -0.1) is 0 Å². The van der Waals surface area contributed by atoms with Crippen LogP contribution in [0.3, 0.4) is 0 Å². The molecule has 0 radical (unpaired) electrons. The van der Waals surface area contributed by atoms with Gasteiger partial charge >= 0.3 is 5.97 Å². The highest BCUT2D eigenvalue weighted by Gasteiger charge is 2.13. The lowest BCUT2D eigenvalue weighted by Crippen LogP contribution is -2.31. The van der Waals surface area contributed by atoms with Gasteiger partial charge in [0.05, 0.1) is 7.11 Å². The second-order valence-corrected chi connectivity index (χ2v) is 5.98. The number of amides is 2. The summed E-state index contributed by atoms with van der Waals surface area (Å²) in [5, 5.41) is 5.10. The molecule has 0 bridgehead atoms. The van der Waals surface area contributed by atoms with E-state index in [-0.39, 0.29) is 12.5 Å². The molecule has 29 heavy (non-hydrogen) atoms. The Labute approximate surface area is 168 Å². The number of esters is 1. The third kappa shape index (κ3) is 6.76. The predicted octanol–water partition coefficient (Wildman–Crippen LogP) is 2.20. The van der Waals surface area contributed by atoms with Crippen molar-refractivity contribution in [3.63, 3.8) is 0 Å². The summed E-state index contributed by atoms with van der Waals surface area (Å²) in [6.45, 7) is 0.917. The fraction of sp³-hybridized carbons (Fsp3) is 0.238. The monoisotopic (exact) mass is 398 g/mol. The van der Waals surface area contributed by atoms with E-state index in [4.69, 9.17) is 9.47 Å². The molecule has 8 nitrogen and oxygen atoms in total. The third-order valence-electron chi connectivity index (χ3n) is 3.90. The number of nitrogens with one attached hydrogen (secondary N) is 2. The lowest BCUT2D eigenvalue weighted by molar-refractivity contribution is -0.141. The molecule has 0 spiro atoms. The molecule has 0 aromatic heterocycles. The first-order valence-corrected chi connectivity index (χ1v) is 8.94. The van der Waals surface area contributed by atoms with Crippen LogP contribution in [0.15, 0.2) is 48.5 Å². The molecule has 8 heteroatoms. The van der Waals surface area contributed by atoms with E-state index in [2.05, 4.69) is 10.6 Å². The average molecular weight is 398 g/mol. The minimum Gasteiger partial charge on any atom is -0.497 e. The molecule has 2 N–H and O–H groups in total. The molecule has 0 aliphatic carbocycles. The summed E-state index contributed by atoms with van der Waals surface area (Å²) < 4.78 is 9.94. The Morgan fingerprint density at radius 3 is 2.34 bits per heavy atom. The van der Waals surface area contributed by atoms with Crippen molar-refractivity contribution in [2.75, 3.05) is 25.6 Å². The quantitative estimate of drug-likeness (QED) is 0.495. The van der Waals surface area contributed by atoms with E-state index in [0.29, 0.717) is 29.0 Å². The van der Waals surface area contributed by atoms with Gasteiger partial charge in [0, 0.05) is 23.2 Å². The van der Waals surface area contributed by atoms with Crippen molar-refractivity contribution in [1.82, 2.24) is 5.32 Å². The van der Waals surface area contributed by atoms with E-state index in [9.17, 15) is 19.2 Å². The largest absolute Gasteiger partial charge is 0.497 e. The minimum atomic E-state index is -0.735. The van der Waals surface area contributed by atoms with Gasteiger partial charge in [-0.1, -0.05) is 13.0 Å². The summed E-state index contributed by atoms with van der Waals surface area (Å²) in [6.07, 6.45) is 0.352. The van der Waals surface area contributed by atoms with Crippen molar-refractivity contribution < 1.29 is 28.7 Å². The van der Waals surface area contributed by atoms with Crippen LogP contribution in [0.25, 0.3) is 0 Å². The van der Waals surface area contributed by atoms with Gasteiger partial charge in [-0.3, -0.25) is 19.2 Å². The number of hydrogen-bond donors (Lipinski definition) is 2. The normalized spacial score (nSPS) is 10.0. The molecule has 2 aromatic rings. The van der Waals surface area contributed by atoms with Crippen LogP contribution in [0.4, 0.5) is 5.69 Å². The highest BCUT2D eigenvalue weighted by Crippen LogP contribution is 2.12. The topological polar surface area (TPSA) is 111 Å². The molecule has 0 aliphatic rings. The molecule has 0 saturated carbocycles. The Morgan fingerprint density at radius 2 is 1.69 bits per heavy atom. The maximum atomic E-state index is 12.1. The van der Waals surface area contributed by atoms with Gasteiger partial charge in [0.15, 0.2) is 12.4 Å². The van der Waals surface area contributed by atoms with E-state index in [1.54, 1.807) is 37.3 Å². The van der Waals surface area contributed by atoms with Gasteiger partial charge in [0.1, 0.15) is 12.3 Å². The second kappa shape index (κ2) is 10.6. The first-order valence-electron chi connectivity index (χ1n) is 8.94. The summed E-state index contributed by atoms with van der Waals surface area (Å²) in [5.74, 6) is -1.20. The first kappa shape index (κ1) is 21.6. The van der Waals surface area contributed by atoms with E-state index in [1.165, 1.54) is 25.3 Å². The molecule has 2 aromatic carbocycles. The highest BCUT2D eigenvalue weighted by atomic mass is 16.5. The Bertz CT molecular complexity index is 892. The minimum absolute atomic E-state index is 0.131. The van der Waals surface area contributed by atoms with Gasteiger partial charge in [-0.25, -0.2) is 0 Å². The molecule has 2 rings (SSSR count). The summed E-state index contributed by atoms with van der Waals surface area (Å²) in [4.78, 5) is 47.3. The van der Waals surface area contributed by atoms with Crippen LogP contribution >= 0.6 is 0 Å². The molecule has 2 amide bonds. The predicted molar refractivity (Wildman–Crippen MR) is 106 cm³/mol. The molecule has 152 valence electrons. The van der Waals surface area contributed by atoms with Crippen molar-refractivity contribution >= 4 is 29.3 Å². The SMILES string of the molecule is CCC(=O)Nc1ccc(C(=O)COC(=O)CNC(=O)c2cccc(OC)c2)cc1. The third-order valence-corrected chi connectivity index (χ3v) is 3.90. The zero-order valence-corrected chi connectivity index (χ0v) is 16.2. The van der Waals surface area contributed by atoms with E-state index in [1.807, 2.05) is 0 Å². The lowest BCUT2D eigenvalue weighted by Gasteiger charge is -2.08. The van der Waals surface area contributed by atoms with Gasteiger partial charge in [0.2, 0.25) is 5.91 Å². The number of methoxy groups -OCH3 is 1. The standard InChI is InChI=1S/C21H22N2O6/c1-3-19(25)23-16-9-7-14(8-10-16)18(24)13-29-20(26)12-22-21(27)15-5-4-6-17(11-15)28-2/h4-11H,3,12-13H2,1-2H3,(H,22,27)(H,23,25). The van der Waals surface area contributed by atoms with Crippen LogP contribution in [0.1, 0.15) is 34.1 Å². The number of carbonyl (C=O) groups excluding carboxylic acids is 4. The van der Waals surface area contributed by atoms with Crippen molar-refractivity contribution in [2.24, 2.45) is 0 Å². The fourth-order valence-corrected chi connectivity index (χ4v) is 2.29. The second-order valence-electron chi connectivity index (χ2n) is 5.98. The summed E-state index contributed by atoms with van der Waals surface area (Å²) in [5.41, 5.74) is 1.25. The number of ketones is 1. The lowest BCUT2D eigenvalue weighted by atomic mass is 10.1. The van der Waals surface area contributed by atoms with E-state index in [0.717, 1.165) is 0 Å². The summed E-state index contributed by atoms with van der Waals surface area (Å²) in [6, 6.07) is 12.7. The molecular formula is C21H22N2O6. The van der Waals surface area contributed by atoms with Gasteiger partial charge < -0.3 is 20.1 Å². The fourth-order valence-electron chi connectivity index (χ4n) is 2.29. The number of rotatable bonds is 9. The number of ether oxygens (including phenoxy) is 2. The number of carbonyl (C=O) groups is 4. The number of benzene rings is 2. The van der Waals surface area contributed by atoms with E-state index >= 15 is 0 Å². The molecule has 0 fully saturated rings. The number of anilines is 1. The Morgan fingerprint density at radius 1 is 0.966 bits per heavy atom. The molecule has 0 heterocycles. The van der Waals surface area contributed by atoms with Crippen LogP contribution in [0.2, 0.25) is 0 Å². The zero-order chi connectivity index (χ0) is 21.2. The molecule has 0 unspecified atom stereocenters. The molecule has 0 aliphatic heterocycles. The maximum Gasteiger partial charge on any atom is 0.325 e. The summed E-state index contributed by atoms with van der Waals surface area (Å²) in [7, 11) is 1.49. The number of hydrogen-bond acceptors (Lipinski definition) is 6. The molecular weight excluding hydrogens is 376 g/mol. The van der Waals surface area contributed by atoms with Gasteiger partial charge in [-0.05, 0) is 42.5 Å². The van der Waals surface area contributed by atoms with Crippen LogP contribution in [0.5, 0.6) is 5.75 Å². The molecule has 0 atom stereocenters. The van der Waals surface area contributed by atoms with Crippen LogP contribution < -0.4 is 15.4 Å². The summed E-state index contributed by atoms with van der Waals surface area (Å²) >= 11 is 0.